The zero-order valence-corrected chi connectivity index (χ0v) is 15.4. The summed E-state index contributed by atoms with van der Waals surface area (Å²) in [6.07, 6.45) is 9.00. The van der Waals surface area contributed by atoms with Crippen molar-refractivity contribution < 1.29 is 13.6 Å². The molecule has 1 saturated heterocycles. The highest BCUT2D eigenvalue weighted by Crippen LogP contribution is 2.74. The highest BCUT2D eigenvalue weighted by molar-refractivity contribution is 5.95. The molecule has 1 aliphatic heterocycles. The summed E-state index contributed by atoms with van der Waals surface area (Å²) >= 11 is 0. The number of fused-ring (bicyclic) bond motifs is 1. The Morgan fingerprint density at radius 3 is 2.62 bits per heavy atom. The summed E-state index contributed by atoms with van der Waals surface area (Å²) in [6.45, 7) is 1.89. The molecular weight excluding hydrogens is 336 g/mol. The van der Waals surface area contributed by atoms with E-state index >= 15 is 0 Å². The van der Waals surface area contributed by atoms with Crippen LogP contribution in [-0.4, -0.2) is 42.8 Å². The average Bonchev–Trinajstić information content (AvgIpc) is 3.19. The molecule has 1 atom stereocenters. The van der Waals surface area contributed by atoms with Gasteiger partial charge in [0.05, 0.1) is 0 Å². The minimum absolute atomic E-state index is 0.00104. The van der Waals surface area contributed by atoms with Crippen molar-refractivity contribution in [3.63, 3.8) is 0 Å². The lowest BCUT2D eigenvalue weighted by atomic mass is 9.76. The highest BCUT2D eigenvalue weighted by atomic mass is 19.1. The van der Waals surface area contributed by atoms with Gasteiger partial charge < -0.3 is 10.2 Å². The van der Waals surface area contributed by atoms with E-state index in [2.05, 4.69) is 10.3 Å². The maximum absolute atomic E-state index is 13.7. The molecule has 2 saturated carbocycles. The number of piperidine rings is 1. The topological polar surface area (TPSA) is 44.7 Å². The number of amides is 2. The van der Waals surface area contributed by atoms with Crippen molar-refractivity contribution >= 4 is 11.7 Å². The number of carbonyl (C=O) groups is 1. The van der Waals surface area contributed by atoms with Gasteiger partial charge in [-0.15, -0.1) is 0 Å². The van der Waals surface area contributed by atoms with E-state index < -0.39 is 5.83 Å². The summed E-state index contributed by atoms with van der Waals surface area (Å²) in [5, 5.41) is 3.30. The van der Waals surface area contributed by atoms with Gasteiger partial charge in [0.25, 0.3) is 0 Å². The first-order valence-electron chi connectivity index (χ1n) is 9.72. The Balaban J connectivity index is 1.36. The standard InChI is InChI=1S/C20H27F2N3O/c1-25(17-4-8-23-9-5-17)18(26)24-16-2-6-19(7-3-16)13-20(19)11-14(21)10-15(22)12-20/h10-11,17,23H,2-9,12-13H2,1H3. The van der Waals surface area contributed by atoms with E-state index in [0.29, 0.717) is 6.42 Å². The Morgan fingerprint density at radius 1 is 1.27 bits per heavy atom. The van der Waals surface area contributed by atoms with Gasteiger partial charge in [0.15, 0.2) is 0 Å². The maximum Gasteiger partial charge on any atom is 0.343 e. The molecule has 0 aromatic rings. The van der Waals surface area contributed by atoms with Crippen LogP contribution >= 0.6 is 0 Å². The van der Waals surface area contributed by atoms with Crippen molar-refractivity contribution in [1.82, 2.24) is 10.2 Å². The van der Waals surface area contributed by atoms with E-state index in [1.165, 1.54) is 0 Å². The maximum atomic E-state index is 13.7. The van der Waals surface area contributed by atoms with E-state index in [1.807, 2.05) is 7.05 Å². The van der Waals surface area contributed by atoms with Gasteiger partial charge in [-0.05, 0) is 69.5 Å². The zero-order chi connectivity index (χ0) is 18.4. The fourth-order valence-electron chi connectivity index (χ4n) is 5.24. The van der Waals surface area contributed by atoms with Crippen LogP contribution in [0.2, 0.25) is 0 Å². The lowest BCUT2D eigenvalue weighted by molar-refractivity contribution is 0.186. The summed E-state index contributed by atoms with van der Waals surface area (Å²) in [6, 6.07) is 0.116. The molecule has 4 aliphatic rings. The third-order valence-corrected chi connectivity index (χ3v) is 6.97. The third kappa shape index (κ3) is 3.13. The predicted octanol–water partition coefficient (Wildman–Crippen LogP) is 4.29. The van der Waals surface area contributed by atoms with Crippen LogP contribution in [0.25, 0.3) is 0 Å². The number of urea groups is 1. The highest BCUT2D eigenvalue weighted by Gasteiger charge is 2.66. The lowest BCUT2D eigenvalue weighted by Crippen LogP contribution is -2.43. The predicted molar refractivity (Wildman–Crippen MR) is 97.4 cm³/mol. The van der Waals surface area contributed by atoms with E-state index in [4.69, 9.17) is 0 Å². The van der Waals surface area contributed by atoms with Crippen molar-refractivity contribution in [2.45, 2.75) is 57.4 Å². The number of aliphatic imine (C=N–C) groups is 1. The molecule has 4 rings (SSSR count). The number of allylic oxidation sites excluding steroid dienone is 4. The number of halogens is 2. The van der Waals surface area contributed by atoms with Crippen molar-refractivity contribution in [3.05, 3.63) is 23.8 Å². The number of nitrogens with one attached hydrogen (secondary N) is 1. The van der Waals surface area contributed by atoms with Gasteiger partial charge in [-0.25, -0.2) is 18.6 Å². The lowest BCUT2D eigenvalue weighted by Gasteiger charge is -2.31. The van der Waals surface area contributed by atoms with Gasteiger partial charge >= 0.3 is 6.03 Å². The largest absolute Gasteiger partial charge is 0.343 e. The molecule has 1 N–H and O–H groups in total. The normalized spacial score (nSPS) is 34.5. The SMILES string of the molecule is CN(C(=O)N=C1CCC2(CC1)CC21C=C(F)C=C(F)C1)C1CCNCC1. The number of hydrogen-bond donors (Lipinski definition) is 1. The van der Waals surface area contributed by atoms with E-state index in [-0.39, 0.29) is 28.7 Å². The van der Waals surface area contributed by atoms with Crippen LogP contribution in [0.1, 0.15) is 51.4 Å². The summed E-state index contributed by atoms with van der Waals surface area (Å²) in [4.78, 5) is 18.6. The average molecular weight is 363 g/mol. The van der Waals surface area contributed by atoms with E-state index in [9.17, 15) is 13.6 Å². The molecule has 1 unspecified atom stereocenters. The fraction of sp³-hybridized carbons (Fsp3) is 0.700. The van der Waals surface area contributed by atoms with Crippen molar-refractivity contribution in [1.29, 1.82) is 0 Å². The Labute approximate surface area is 153 Å². The van der Waals surface area contributed by atoms with Gasteiger partial charge in [0.2, 0.25) is 0 Å². The minimum atomic E-state index is -0.441. The summed E-state index contributed by atoms with van der Waals surface area (Å²) in [7, 11) is 1.84. The Hall–Kier alpha value is -1.56. The van der Waals surface area contributed by atoms with Gasteiger partial charge in [-0.2, -0.15) is 0 Å². The number of hydrogen-bond acceptors (Lipinski definition) is 2. The second kappa shape index (κ2) is 6.55. The van der Waals surface area contributed by atoms with Crippen LogP contribution in [-0.2, 0) is 0 Å². The number of nitrogens with zero attached hydrogens (tertiary/aromatic N) is 2. The quantitative estimate of drug-likeness (QED) is 0.755. The van der Waals surface area contributed by atoms with Crippen molar-refractivity contribution in [3.8, 4) is 0 Å². The van der Waals surface area contributed by atoms with Crippen molar-refractivity contribution in [2.24, 2.45) is 15.8 Å². The molecule has 3 fully saturated rings. The molecule has 1 heterocycles. The van der Waals surface area contributed by atoms with Gasteiger partial charge in [0, 0.05) is 36.7 Å². The van der Waals surface area contributed by atoms with Crippen LogP contribution < -0.4 is 5.32 Å². The van der Waals surface area contributed by atoms with E-state index in [1.54, 1.807) is 11.0 Å². The van der Waals surface area contributed by atoms with Crippen LogP contribution in [0.15, 0.2) is 28.8 Å². The molecule has 0 aromatic heterocycles. The first kappa shape index (κ1) is 17.8. The third-order valence-electron chi connectivity index (χ3n) is 6.97. The van der Waals surface area contributed by atoms with Gasteiger partial charge in [0.1, 0.15) is 11.7 Å². The second-order valence-corrected chi connectivity index (χ2v) is 8.46. The molecule has 4 nitrogen and oxygen atoms in total. The Bertz CT molecular complexity index is 683. The molecule has 2 spiro atoms. The van der Waals surface area contributed by atoms with Gasteiger partial charge in [-0.1, -0.05) is 0 Å². The fourth-order valence-corrected chi connectivity index (χ4v) is 5.24. The molecule has 0 radical (unpaired) electrons. The summed E-state index contributed by atoms with van der Waals surface area (Å²) in [5.74, 6) is -0.788. The molecule has 6 heteroatoms. The molecule has 3 aliphatic carbocycles. The smallest absolute Gasteiger partial charge is 0.323 e. The molecule has 142 valence electrons. The molecule has 0 bridgehead atoms. The van der Waals surface area contributed by atoms with Crippen LogP contribution in [0.5, 0.6) is 0 Å². The monoisotopic (exact) mass is 363 g/mol. The van der Waals surface area contributed by atoms with Crippen LogP contribution in [0.3, 0.4) is 0 Å². The molecule has 2 amide bonds. The summed E-state index contributed by atoms with van der Waals surface area (Å²) in [5.41, 5.74) is 0.607. The van der Waals surface area contributed by atoms with Gasteiger partial charge in [-0.3, -0.25) is 0 Å². The molecule has 26 heavy (non-hydrogen) atoms. The second-order valence-electron chi connectivity index (χ2n) is 8.46. The van der Waals surface area contributed by atoms with E-state index in [0.717, 1.165) is 69.8 Å². The molecule has 0 aromatic carbocycles. The van der Waals surface area contributed by atoms with Crippen molar-refractivity contribution in [2.75, 3.05) is 20.1 Å². The van der Waals surface area contributed by atoms with Crippen LogP contribution in [0.4, 0.5) is 13.6 Å². The molecular formula is C20H27F2N3O. The first-order valence-corrected chi connectivity index (χ1v) is 9.72. The number of rotatable bonds is 1. The minimum Gasteiger partial charge on any atom is -0.323 e. The first-order chi connectivity index (χ1) is 12.4. The Morgan fingerprint density at radius 2 is 1.96 bits per heavy atom. The van der Waals surface area contributed by atoms with Crippen LogP contribution in [0, 0.1) is 10.8 Å². The summed E-state index contributed by atoms with van der Waals surface area (Å²) < 4.78 is 27.4. The Kier molecular flexibility index (Phi) is 4.49. The number of carbonyl (C=O) groups excluding carboxylic acids is 1. The zero-order valence-electron chi connectivity index (χ0n) is 15.4.